The Morgan fingerprint density at radius 3 is 2.56 bits per heavy atom. The maximum Gasteiger partial charge on any atom is 0.137 e. The third-order valence-corrected chi connectivity index (χ3v) is 3.61. The lowest BCUT2D eigenvalue weighted by Gasteiger charge is -2.45. The normalized spacial score (nSPS) is 20.0. The Balaban J connectivity index is 2.37. The van der Waals surface area contributed by atoms with Gasteiger partial charge in [-0.1, -0.05) is 17.7 Å². The summed E-state index contributed by atoms with van der Waals surface area (Å²) in [5.74, 6) is 0.686. The van der Waals surface area contributed by atoms with Gasteiger partial charge in [-0.25, -0.2) is 0 Å². The van der Waals surface area contributed by atoms with E-state index in [1.807, 2.05) is 25.1 Å². The van der Waals surface area contributed by atoms with Crippen LogP contribution in [0.5, 0.6) is 5.75 Å². The molecule has 88 valence electrons. The SMILES string of the molecule is COc1ccc(C2(C(C)N)COC2)cc1Cl. The van der Waals surface area contributed by atoms with Crippen molar-refractivity contribution in [3.8, 4) is 5.75 Å². The summed E-state index contributed by atoms with van der Waals surface area (Å²) < 4.78 is 10.4. The molecule has 2 N–H and O–H groups in total. The zero-order valence-corrected chi connectivity index (χ0v) is 10.3. The summed E-state index contributed by atoms with van der Waals surface area (Å²) in [5, 5.41) is 0.618. The Kier molecular flexibility index (Phi) is 3.10. The predicted octanol–water partition coefficient (Wildman–Crippen LogP) is 1.96. The average Bonchev–Trinajstić information content (AvgIpc) is 2.15. The highest BCUT2D eigenvalue weighted by molar-refractivity contribution is 6.32. The molecule has 1 saturated heterocycles. The number of ether oxygens (including phenoxy) is 2. The van der Waals surface area contributed by atoms with Gasteiger partial charge in [0.15, 0.2) is 0 Å². The smallest absolute Gasteiger partial charge is 0.137 e. The van der Waals surface area contributed by atoms with Crippen LogP contribution in [-0.2, 0) is 10.2 Å². The minimum atomic E-state index is -0.0874. The van der Waals surface area contributed by atoms with Gasteiger partial charge in [0.05, 0.1) is 30.8 Å². The Morgan fingerprint density at radius 1 is 1.50 bits per heavy atom. The molecular weight excluding hydrogens is 226 g/mol. The Morgan fingerprint density at radius 2 is 2.19 bits per heavy atom. The molecule has 1 heterocycles. The molecule has 0 aromatic heterocycles. The van der Waals surface area contributed by atoms with Gasteiger partial charge in [0.25, 0.3) is 0 Å². The van der Waals surface area contributed by atoms with Crippen LogP contribution in [0.4, 0.5) is 0 Å². The zero-order chi connectivity index (χ0) is 11.8. The second-order valence-electron chi connectivity index (χ2n) is 4.29. The molecule has 0 bridgehead atoms. The third-order valence-electron chi connectivity index (χ3n) is 3.32. The molecule has 1 aromatic carbocycles. The first-order valence-corrected chi connectivity index (χ1v) is 5.65. The summed E-state index contributed by atoms with van der Waals surface area (Å²) in [6.45, 7) is 3.32. The summed E-state index contributed by atoms with van der Waals surface area (Å²) in [5.41, 5.74) is 7.07. The average molecular weight is 242 g/mol. The van der Waals surface area contributed by atoms with Gasteiger partial charge in [-0.05, 0) is 24.6 Å². The molecule has 2 rings (SSSR count). The first-order valence-electron chi connectivity index (χ1n) is 5.27. The molecule has 1 aliphatic heterocycles. The van der Waals surface area contributed by atoms with Crippen LogP contribution in [0.15, 0.2) is 18.2 Å². The highest BCUT2D eigenvalue weighted by Gasteiger charge is 2.43. The molecule has 1 fully saturated rings. The van der Waals surface area contributed by atoms with Crippen molar-refractivity contribution in [2.24, 2.45) is 5.73 Å². The Labute approximate surface area is 100 Å². The van der Waals surface area contributed by atoms with Crippen LogP contribution in [0.25, 0.3) is 0 Å². The van der Waals surface area contributed by atoms with Crippen molar-refractivity contribution in [3.63, 3.8) is 0 Å². The van der Waals surface area contributed by atoms with Gasteiger partial charge in [0.1, 0.15) is 5.75 Å². The van der Waals surface area contributed by atoms with E-state index in [1.165, 1.54) is 0 Å². The van der Waals surface area contributed by atoms with E-state index in [0.717, 1.165) is 5.56 Å². The van der Waals surface area contributed by atoms with Crippen LogP contribution in [-0.4, -0.2) is 26.4 Å². The molecule has 4 heteroatoms. The molecule has 3 nitrogen and oxygen atoms in total. The fraction of sp³-hybridized carbons (Fsp3) is 0.500. The van der Waals surface area contributed by atoms with Crippen LogP contribution in [0.3, 0.4) is 0 Å². The van der Waals surface area contributed by atoms with E-state index in [9.17, 15) is 0 Å². The van der Waals surface area contributed by atoms with Gasteiger partial charge < -0.3 is 15.2 Å². The number of hydrogen-bond acceptors (Lipinski definition) is 3. The van der Waals surface area contributed by atoms with Crippen LogP contribution < -0.4 is 10.5 Å². The highest BCUT2D eigenvalue weighted by atomic mass is 35.5. The number of halogens is 1. The number of rotatable bonds is 3. The van der Waals surface area contributed by atoms with E-state index in [2.05, 4.69) is 0 Å². The molecule has 1 aliphatic rings. The first-order chi connectivity index (χ1) is 7.60. The standard InChI is InChI=1S/C12H16ClNO2/c1-8(14)12(6-16-7-12)9-3-4-11(15-2)10(13)5-9/h3-5,8H,6-7,14H2,1-2H3. The van der Waals surface area contributed by atoms with Crippen LogP contribution in [0.2, 0.25) is 5.02 Å². The summed E-state index contributed by atoms with van der Waals surface area (Å²) in [7, 11) is 1.61. The lowest BCUT2D eigenvalue weighted by atomic mass is 9.73. The summed E-state index contributed by atoms with van der Waals surface area (Å²) in [6, 6.07) is 5.86. The maximum absolute atomic E-state index is 6.11. The van der Waals surface area contributed by atoms with Crippen molar-refractivity contribution >= 4 is 11.6 Å². The van der Waals surface area contributed by atoms with E-state index in [-0.39, 0.29) is 11.5 Å². The van der Waals surface area contributed by atoms with Crippen molar-refractivity contribution in [1.29, 1.82) is 0 Å². The third kappa shape index (κ3) is 1.69. The molecule has 0 radical (unpaired) electrons. The fourth-order valence-electron chi connectivity index (χ4n) is 1.99. The molecule has 0 amide bonds. The van der Waals surface area contributed by atoms with Gasteiger partial charge in [-0.15, -0.1) is 0 Å². The second kappa shape index (κ2) is 4.24. The van der Waals surface area contributed by atoms with Crippen LogP contribution >= 0.6 is 11.6 Å². The minimum absolute atomic E-state index is 0.0470. The molecule has 16 heavy (non-hydrogen) atoms. The van der Waals surface area contributed by atoms with Gasteiger partial charge in [0, 0.05) is 6.04 Å². The summed E-state index contributed by atoms with van der Waals surface area (Å²) >= 11 is 6.11. The van der Waals surface area contributed by atoms with Gasteiger partial charge in [-0.2, -0.15) is 0 Å². The molecular formula is C12H16ClNO2. The Bertz CT molecular complexity index is 389. The van der Waals surface area contributed by atoms with E-state index >= 15 is 0 Å². The van der Waals surface area contributed by atoms with Crippen molar-refractivity contribution in [1.82, 2.24) is 0 Å². The van der Waals surface area contributed by atoms with Crippen LogP contribution in [0.1, 0.15) is 12.5 Å². The topological polar surface area (TPSA) is 44.5 Å². The number of methoxy groups -OCH3 is 1. The molecule has 0 aliphatic carbocycles. The fourth-order valence-corrected chi connectivity index (χ4v) is 2.25. The van der Waals surface area contributed by atoms with Crippen molar-refractivity contribution < 1.29 is 9.47 Å². The Hall–Kier alpha value is -0.770. The zero-order valence-electron chi connectivity index (χ0n) is 9.50. The lowest BCUT2D eigenvalue weighted by molar-refractivity contribution is -0.0701. The quantitative estimate of drug-likeness (QED) is 0.880. The van der Waals surface area contributed by atoms with E-state index in [1.54, 1.807) is 7.11 Å². The van der Waals surface area contributed by atoms with Crippen molar-refractivity contribution in [2.45, 2.75) is 18.4 Å². The first kappa shape index (κ1) is 11.7. The largest absolute Gasteiger partial charge is 0.495 e. The summed E-state index contributed by atoms with van der Waals surface area (Å²) in [4.78, 5) is 0. The molecule has 1 aromatic rings. The van der Waals surface area contributed by atoms with E-state index in [0.29, 0.717) is 24.0 Å². The van der Waals surface area contributed by atoms with Gasteiger partial charge >= 0.3 is 0 Å². The van der Waals surface area contributed by atoms with Crippen LogP contribution in [0, 0.1) is 0 Å². The summed E-state index contributed by atoms with van der Waals surface area (Å²) in [6.07, 6.45) is 0. The molecule has 0 spiro atoms. The highest BCUT2D eigenvalue weighted by Crippen LogP contribution is 2.38. The number of nitrogens with two attached hydrogens (primary N) is 1. The number of benzene rings is 1. The second-order valence-corrected chi connectivity index (χ2v) is 4.69. The monoisotopic (exact) mass is 241 g/mol. The van der Waals surface area contributed by atoms with E-state index < -0.39 is 0 Å². The minimum Gasteiger partial charge on any atom is -0.495 e. The molecule has 1 atom stereocenters. The molecule has 0 saturated carbocycles. The van der Waals surface area contributed by atoms with Gasteiger partial charge in [-0.3, -0.25) is 0 Å². The van der Waals surface area contributed by atoms with Crippen molar-refractivity contribution in [2.75, 3.05) is 20.3 Å². The van der Waals surface area contributed by atoms with E-state index in [4.69, 9.17) is 26.8 Å². The van der Waals surface area contributed by atoms with Gasteiger partial charge in [0.2, 0.25) is 0 Å². The maximum atomic E-state index is 6.11. The lowest BCUT2D eigenvalue weighted by Crippen LogP contribution is -2.57. The molecule has 1 unspecified atom stereocenters. The predicted molar refractivity (Wildman–Crippen MR) is 64.2 cm³/mol. The van der Waals surface area contributed by atoms with Crippen molar-refractivity contribution in [3.05, 3.63) is 28.8 Å². The number of hydrogen-bond donors (Lipinski definition) is 1.